The van der Waals surface area contributed by atoms with Gasteiger partial charge in [-0.15, -0.1) is 0 Å². The van der Waals surface area contributed by atoms with Crippen molar-refractivity contribution in [3.05, 3.63) is 69.8 Å². The van der Waals surface area contributed by atoms with Crippen LogP contribution in [0.1, 0.15) is 15.9 Å². The van der Waals surface area contributed by atoms with Gasteiger partial charge in [-0.05, 0) is 31.2 Å². The van der Waals surface area contributed by atoms with Crippen molar-refractivity contribution in [2.75, 3.05) is 13.2 Å². The number of hydrogen-bond acceptors (Lipinski definition) is 7. The average molecular weight is 406 g/mol. The van der Waals surface area contributed by atoms with E-state index >= 15 is 0 Å². The van der Waals surface area contributed by atoms with E-state index in [1.54, 1.807) is 19.1 Å². The standard InChI is InChI=1S/C17H18N4O6S/c1-12-2-8-15(9-3-12)28(26,27)20(16(22)10-18)11-19-17(23)13-4-6-14(7-5-13)21(24)25/h2-9H,10-11,18H2,1H3,(H,19,23). The number of benzene rings is 2. The van der Waals surface area contributed by atoms with E-state index in [0.29, 0.717) is 4.31 Å². The van der Waals surface area contributed by atoms with E-state index in [1.165, 1.54) is 24.3 Å². The van der Waals surface area contributed by atoms with Crippen molar-refractivity contribution in [1.82, 2.24) is 9.62 Å². The molecule has 2 rings (SSSR count). The molecule has 28 heavy (non-hydrogen) atoms. The van der Waals surface area contributed by atoms with Crippen LogP contribution in [-0.4, -0.2) is 42.7 Å². The molecule has 2 aromatic rings. The Labute approximate surface area is 161 Å². The van der Waals surface area contributed by atoms with Crippen LogP contribution < -0.4 is 11.1 Å². The largest absolute Gasteiger partial charge is 0.333 e. The van der Waals surface area contributed by atoms with Crippen molar-refractivity contribution in [3.63, 3.8) is 0 Å². The van der Waals surface area contributed by atoms with Gasteiger partial charge in [0.25, 0.3) is 27.5 Å². The molecule has 2 amide bonds. The summed E-state index contributed by atoms with van der Waals surface area (Å²) in [7, 11) is -4.23. The molecule has 11 heteroatoms. The average Bonchev–Trinajstić information content (AvgIpc) is 2.67. The third-order valence-electron chi connectivity index (χ3n) is 3.79. The minimum Gasteiger partial charge on any atom is -0.333 e. The van der Waals surface area contributed by atoms with E-state index in [4.69, 9.17) is 5.73 Å². The highest BCUT2D eigenvalue weighted by atomic mass is 32.2. The van der Waals surface area contributed by atoms with Gasteiger partial charge in [-0.1, -0.05) is 17.7 Å². The number of carbonyl (C=O) groups excluding carboxylic acids is 2. The zero-order valence-electron chi connectivity index (χ0n) is 14.9. The van der Waals surface area contributed by atoms with Crippen molar-refractivity contribution in [1.29, 1.82) is 0 Å². The first-order valence-corrected chi connectivity index (χ1v) is 9.46. The number of amides is 2. The molecule has 0 atom stereocenters. The van der Waals surface area contributed by atoms with Crippen molar-refractivity contribution in [2.24, 2.45) is 5.73 Å². The van der Waals surface area contributed by atoms with Gasteiger partial charge in [-0.3, -0.25) is 19.7 Å². The number of sulfonamides is 1. The minimum atomic E-state index is -4.23. The lowest BCUT2D eigenvalue weighted by Gasteiger charge is -2.22. The Kier molecular flexibility index (Phi) is 6.44. The van der Waals surface area contributed by atoms with Crippen LogP contribution in [-0.2, 0) is 14.8 Å². The fourth-order valence-electron chi connectivity index (χ4n) is 2.23. The molecule has 0 radical (unpaired) electrons. The maximum atomic E-state index is 12.7. The Morgan fingerprint density at radius 1 is 1.11 bits per heavy atom. The summed E-state index contributed by atoms with van der Waals surface area (Å²) in [6.45, 7) is 0.574. The Bertz CT molecular complexity index is 987. The molecule has 0 aliphatic carbocycles. The van der Waals surface area contributed by atoms with Gasteiger partial charge in [0.1, 0.15) is 6.67 Å². The van der Waals surface area contributed by atoms with Gasteiger partial charge < -0.3 is 11.1 Å². The van der Waals surface area contributed by atoms with Crippen LogP contribution in [0.4, 0.5) is 5.69 Å². The topological polar surface area (TPSA) is 153 Å². The third-order valence-corrected chi connectivity index (χ3v) is 5.57. The van der Waals surface area contributed by atoms with Gasteiger partial charge in [0, 0.05) is 17.7 Å². The number of carbonyl (C=O) groups is 2. The number of nitrogens with zero attached hydrogens (tertiary/aromatic N) is 2. The second kappa shape index (κ2) is 8.59. The number of non-ortho nitro benzene ring substituents is 1. The Hall–Kier alpha value is -3.31. The first-order valence-electron chi connectivity index (χ1n) is 8.01. The molecule has 0 saturated heterocycles. The number of aryl methyl sites for hydroxylation is 1. The fraction of sp³-hybridized carbons (Fsp3) is 0.176. The second-order valence-electron chi connectivity index (χ2n) is 5.73. The molecule has 0 unspecified atom stereocenters. The lowest BCUT2D eigenvalue weighted by atomic mass is 10.2. The van der Waals surface area contributed by atoms with E-state index in [9.17, 15) is 28.1 Å². The number of nitro groups is 1. The maximum Gasteiger partial charge on any atom is 0.269 e. The van der Waals surface area contributed by atoms with Gasteiger partial charge in [0.2, 0.25) is 0 Å². The van der Waals surface area contributed by atoms with E-state index in [2.05, 4.69) is 5.32 Å². The van der Waals surface area contributed by atoms with Crippen LogP contribution in [0.3, 0.4) is 0 Å². The molecule has 0 spiro atoms. The highest BCUT2D eigenvalue weighted by molar-refractivity contribution is 7.89. The van der Waals surface area contributed by atoms with Crippen molar-refractivity contribution in [3.8, 4) is 0 Å². The smallest absolute Gasteiger partial charge is 0.269 e. The lowest BCUT2D eigenvalue weighted by Crippen LogP contribution is -2.47. The molecule has 0 saturated carbocycles. The molecule has 2 aromatic carbocycles. The van der Waals surface area contributed by atoms with Gasteiger partial charge in [-0.25, -0.2) is 12.7 Å². The van der Waals surface area contributed by atoms with Crippen molar-refractivity contribution >= 4 is 27.5 Å². The van der Waals surface area contributed by atoms with Gasteiger partial charge in [-0.2, -0.15) is 0 Å². The number of nitro benzene ring substituents is 1. The zero-order valence-corrected chi connectivity index (χ0v) is 15.7. The SMILES string of the molecule is Cc1ccc(S(=O)(=O)N(CNC(=O)c2ccc([N+](=O)[O-])cc2)C(=O)CN)cc1. The monoisotopic (exact) mass is 406 g/mol. The summed E-state index contributed by atoms with van der Waals surface area (Å²) < 4.78 is 25.9. The summed E-state index contributed by atoms with van der Waals surface area (Å²) in [5, 5.41) is 13.0. The first-order chi connectivity index (χ1) is 13.2. The summed E-state index contributed by atoms with van der Waals surface area (Å²) in [6.07, 6.45) is 0. The van der Waals surface area contributed by atoms with E-state index in [1.807, 2.05) is 0 Å². The highest BCUT2D eigenvalue weighted by Gasteiger charge is 2.29. The number of nitrogens with one attached hydrogen (secondary N) is 1. The summed E-state index contributed by atoms with van der Waals surface area (Å²) in [6, 6.07) is 10.6. The molecule has 0 bridgehead atoms. The predicted octanol–water partition coefficient (Wildman–Crippen LogP) is 0.767. The highest BCUT2D eigenvalue weighted by Crippen LogP contribution is 2.16. The quantitative estimate of drug-likeness (QED) is 0.391. The van der Waals surface area contributed by atoms with Crippen LogP contribution in [0.5, 0.6) is 0 Å². The zero-order chi connectivity index (χ0) is 20.9. The maximum absolute atomic E-state index is 12.7. The third kappa shape index (κ3) is 4.69. The number of hydrogen-bond donors (Lipinski definition) is 2. The molecule has 148 valence electrons. The van der Waals surface area contributed by atoms with Crippen LogP contribution in [0.25, 0.3) is 0 Å². The molecule has 0 heterocycles. The molecular weight excluding hydrogens is 388 g/mol. The summed E-state index contributed by atoms with van der Waals surface area (Å²) >= 11 is 0. The van der Waals surface area contributed by atoms with Gasteiger partial charge in [0.15, 0.2) is 0 Å². The summed E-state index contributed by atoms with van der Waals surface area (Å²) in [5.41, 5.74) is 6.01. The van der Waals surface area contributed by atoms with Gasteiger partial charge in [0.05, 0.1) is 16.4 Å². The molecular formula is C17H18N4O6S. The second-order valence-corrected chi connectivity index (χ2v) is 7.59. The van der Waals surface area contributed by atoms with E-state index in [-0.39, 0.29) is 16.1 Å². The predicted molar refractivity (Wildman–Crippen MR) is 99.7 cm³/mol. The van der Waals surface area contributed by atoms with Crippen molar-refractivity contribution in [2.45, 2.75) is 11.8 Å². The van der Waals surface area contributed by atoms with E-state index in [0.717, 1.165) is 17.7 Å². The molecule has 0 aliphatic rings. The Morgan fingerprint density at radius 2 is 1.68 bits per heavy atom. The minimum absolute atomic E-state index is 0.0680. The molecule has 3 N–H and O–H groups in total. The Balaban J connectivity index is 2.20. The molecule has 0 aromatic heterocycles. The summed E-state index contributed by atoms with van der Waals surface area (Å²) in [4.78, 5) is 34.2. The van der Waals surface area contributed by atoms with Gasteiger partial charge >= 0.3 is 0 Å². The van der Waals surface area contributed by atoms with Crippen LogP contribution in [0, 0.1) is 17.0 Å². The molecule has 10 nitrogen and oxygen atoms in total. The van der Waals surface area contributed by atoms with Crippen molar-refractivity contribution < 1.29 is 22.9 Å². The lowest BCUT2D eigenvalue weighted by molar-refractivity contribution is -0.384. The molecule has 0 fully saturated rings. The van der Waals surface area contributed by atoms with Crippen LogP contribution in [0.2, 0.25) is 0 Å². The number of rotatable bonds is 7. The summed E-state index contributed by atoms with van der Waals surface area (Å²) in [5.74, 6) is -1.60. The normalized spacial score (nSPS) is 10.9. The van der Waals surface area contributed by atoms with Crippen LogP contribution in [0.15, 0.2) is 53.4 Å². The van der Waals surface area contributed by atoms with Crippen LogP contribution >= 0.6 is 0 Å². The first kappa shape index (κ1) is 21.0. The molecule has 0 aliphatic heterocycles. The number of nitrogens with two attached hydrogens (primary N) is 1. The van der Waals surface area contributed by atoms with E-state index < -0.39 is 40.0 Å². The fourth-order valence-corrected chi connectivity index (χ4v) is 3.54. The Morgan fingerprint density at radius 3 is 2.18 bits per heavy atom.